The summed E-state index contributed by atoms with van der Waals surface area (Å²) in [6.45, 7) is 28.7. The molecule has 43 heteroatoms. The fraction of sp³-hybridized carbons (Fsp3) is 0.705. The second kappa shape index (κ2) is 78.3. The van der Waals surface area contributed by atoms with E-state index in [9.17, 15) is 71.9 Å². The molecule has 1 aliphatic rings. The molecule has 0 bridgehead atoms. The standard InChI is InChI=1S/C9H17NO3.2C8H16N2O4.C7H9NO4.2C6H11NO4.C5H10O3.C4H11N.C3H7NO3.CH2O2.2CH2O.2CH4/c1-5(7(3)11)9(13)10-6(2)8(4)12;2*1-4(5(2)11)9-8(13)7(10-14)6(3)12;1-2-7(11)12-8-5(9)3-4-6(8)10;2*1-2-5(9)7-4(3-8)6(10)11;1-3(4(2)6)5(7)8;1-4(2)5-3;4-2(1-5)3(6)7;2-1-3;2*1-2;;/h5-7,11H,1-4H3,(H,10,13);2*4,6-7,10,12,14H,1-3H3,(H,9,13);2-4H2,1H3;2*4,8H,2-3H2,1H3,(H,7,9)(H,10,11);3-4,6H,1-2H3,(H,7,8);4-5H,1-3H3;2,5H,1,4H2,(H,6,7);1H,(H,2,3);2*1H2;2*1H4. The SMILES string of the molecule is C.C.C=O.C=O.CC(=O)C(C)NC(=O)C(C)C(C)O.CC(=O)C(C)NC(=O)C(NO)C(C)O.CC(=O)C(C)NC(=O)C(NO)C(C)O.CC(O)C(C)C(=O)O.CCC(=O)NC(CO)C(=O)O.CCC(=O)NC(CO)C(=O)O.CCC(=O)ON1C(=O)CCC1=O.CNC(C)C.NC(CO)C(=O)O.O=CO. The number of nitrogens with zero attached hydrogens (tertiary/aromatic N) is 1. The zero-order valence-corrected chi connectivity index (χ0v) is 60.9. The average molecular weight is 1520 g/mol. The summed E-state index contributed by atoms with van der Waals surface area (Å²) in [5, 5.41) is 133. The van der Waals surface area contributed by atoms with E-state index in [2.05, 4.69) is 50.6 Å². The molecule has 0 aromatic heterocycles. The van der Waals surface area contributed by atoms with Gasteiger partial charge in [-0.25, -0.2) is 14.4 Å². The number of imide groups is 1. The quantitative estimate of drug-likeness (QED) is 0.0190. The van der Waals surface area contributed by atoms with Crippen LogP contribution in [-0.2, 0) is 91.1 Å². The number of carboxylic acid groups (broad SMARTS) is 5. The van der Waals surface area contributed by atoms with E-state index in [-0.39, 0.29) is 88.5 Å². The minimum Gasteiger partial charge on any atom is -0.483 e. The molecule has 614 valence electrons. The van der Waals surface area contributed by atoms with Gasteiger partial charge in [0.2, 0.25) is 29.5 Å². The molecular formula is C61H122N10O33. The van der Waals surface area contributed by atoms with Crippen molar-refractivity contribution in [2.75, 3.05) is 26.9 Å². The summed E-state index contributed by atoms with van der Waals surface area (Å²) in [6, 6.07) is -6.84. The van der Waals surface area contributed by atoms with Gasteiger partial charge in [-0.15, -0.1) is 5.06 Å². The molecule has 1 rings (SSSR count). The number of nitrogens with two attached hydrogens (primary N) is 1. The second-order valence-corrected chi connectivity index (χ2v) is 20.7. The topological polar surface area (TPSA) is 725 Å². The maximum atomic E-state index is 11.3. The third-order valence-corrected chi connectivity index (χ3v) is 11.8. The maximum Gasteiger partial charge on any atom is 0.332 e. The lowest BCUT2D eigenvalue weighted by Gasteiger charge is -2.19. The number of aliphatic hydroxyl groups is 7. The minimum absolute atomic E-state index is 0. The van der Waals surface area contributed by atoms with Crippen LogP contribution in [0.5, 0.6) is 0 Å². The molecule has 0 aliphatic carbocycles. The fourth-order valence-corrected chi connectivity index (χ4v) is 4.32. The van der Waals surface area contributed by atoms with Crippen LogP contribution in [0, 0.1) is 11.8 Å². The molecule has 1 aliphatic heterocycles. The van der Waals surface area contributed by atoms with Gasteiger partial charge in [0, 0.05) is 38.1 Å². The van der Waals surface area contributed by atoms with Crippen molar-refractivity contribution in [3.63, 3.8) is 0 Å². The Hall–Kier alpha value is -8.86. The number of nitrogens with one attached hydrogen (secondary N) is 8. The Balaban J connectivity index is -0.0000000811. The number of rotatable bonds is 29. The van der Waals surface area contributed by atoms with Crippen molar-refractivity contribution in [1.29, 1.82) is 0 Å². The number of hydroxylamine groups is 4. The van der Waals surface area contributed by atoms with E-state index in [0.717, 1.165) is 0 Å². The van der Waals surface area contributed by atoms with Crippen LogP contribution in [-0.4, -0.2) is 291 Å². The van der Waals surface area contributed by atoms with E-state index in [1.165, 1.54) is 62.3 Å². The molecule has 0 aromatic rings. The number of carbonyl (C=O) groups excluding carboxylic acids is 13. The Kier molecular flexibility index (Phi) is 94.1. The van der Waals surface area contributed by atoms with Crippen molar-refractivity contribution in [2.24, 2.45) is 17.6 Å². The lowest BCUT2D eigenvalue weighted by molar-refractivity contribution is -0.197. The highest BCUT2D eigenvalue weighted by Crippen LogP contribution is 2.12. The van der Waals surface area contributed by atoms with E-state index in [4.69, 9.17) is 91.8 Å². The van der Waals surface area contributed by atoms with Crippen LogP contribution in [0.25, 0.3) is 0 Å². The van der Waals surface area contributed by atoms with E-state index in [1.807, 2.05) is 20.6 Å². The number of amides is 7. The highest BCUT2D eigenvalue weighted by atomic mass is 16.7. The summed E-state index contributed by atoms with van der Waals surface area (Å²) >= 11 is 0. The molecule has 1 heterocycles. The molecular weight excluding hydrogens is 1400 g/mol. The van der Waals surface area contributed by atoms with E-state index in [1.54, 1.807) is 52.5 Å². The minimum atomic E-state index is -1.23. The van der Waals surface area contributed by atoms with Gasteiger partial charge in [-0.1, -0.05) is 56.4 Å². The third kappa shape index (κ3) is 75.8. The van der Waals surface area contributed by atoms with Gasteiger partial charge < -0.3 is 124 Å². The first kappa shape index (κ1) is 125. The summed E-state index contributed by atoms with van der Waals surface area (Å²) in [5.74, 6) is -9.97. The predicted octanol–water partition coefficient (Wildman–Crippen LogP) is -4.67. The molecule has 1 saturated heterocycles. The van der Waals surface area contributed by atoms with Gasteiger partial charge in [0.15, 0.2) is 17.3 Å². The predicted molar refractivity (Wildman–Crippen MR) is 370 cm³/mol. The van der Waals surface area contributed by atoms with Gasteiger partial charge in [-0.05, 0) is 83.2 Å². The normalized spacial score (nSPS) is 14.1. The molecule has 24 N–H and O–H groups in total. The van der Waals surface area contributed by atoms with E-state index >= 15 is 0 Å². The second-order valence-electron chi connectivity index (χ2n) is 20.7. The lowest BCUT2D eigenvalue weighted by atomic mass is 10.1. The zero-order chi connectivity index (χ0) is 83.6. The monoisotopic (exact) mass is 1520 g/mol. The summed E-state index contributed by atoms with van der Waals surface area (Å²) < 4.78 is 0. The van der Waals surface area contributed by atoms with Crippen LogP contribution >= 0.6 is 0 Å². The highest BCUT2D eigenvalue weighted by Gasteiger charge is 2.33. The highest BCUT2D eigenvalue weighted by molar-refractivity contribution is 6.01. The Morgan fingerprint density at radius 2 is 0.760 bits per heavy atom. The van der Waals surface area contributed by atoms with E-state index < -0.39 is 158 Å². The van der Waals surface area contributed by atoms with Crippen LogP contribution in [0.3, 0.4) is 0 Å². The van der Waals surface area contributed by atoms with Crippen LogP contribution in [0.15, 0.2) is 0 Å². The molecule has 0 saturated carbocycles. The molecule has 0 aromatic carbocycles. The number of carbonyl (C=O) groups is 18. The number of carboxylic acids is 4. The van der Waals surface area contributed by atoms with Crippen LogP contribution in [0.1, 0.15) is 165 Å². The Morgan fingerprint density at radius 1 is 0.490 bits per heavy atom. The van der Waals surface area contributed by atoms with E-state index in [0.29, 0.717) is 11.1 Å². The van der Waals surface area contributed by atoms with Gasteiger partial charge in [0.05, 0.1) is 74.2 Å². The smallest absolute Gasteiger partial charge is 0.332 e. The van der Waals surface area contributed by atoms with Gasteiger partial charge in [-0.2, -0.15) is 11.0 Å². The maximum absolute atomic E-state index is 11.3. The van der Waals surface area contributed by atoms with Crippen LogP contribution in [0.2, 0.25) is 0 Å². The number of hydrogen-bond donors (Lipinski definition) is 23. The molecule has 14 atom stereocenters. The van der Waals surface area contributed by atoms with Crippen molar-refractivity contribution < 1.29 is 163 Å². The lowest BCUT2D eigenvalue weighted by Crippen LogP contribution is -2.52. The molecule has 0 spiro atoms. The summed E-state index contributed by atoms with van der Waals surface area (Å²) in [4.78, 5) is 189. The summed E-state index contributed by atoms with van der Waals surface area (Å²) in [6.07, 6.45) is -2.69. The number of aliphatic carboxylic acids is 4. The van der Waals surface area contributed by atoms with Crippen LogP contribution in [0.4, 0.5) is 0 Å². The van der Waals surface area contributed by atoms with Gasteiger partial charge in [0.25, 0.3) is 18.3 Å². The first-order chi connectivity index (χ1) is 46.9. The number of aliphatic hydroxyl groups excluding tert-OH is 7. The van der Waals surface area contributed by atoms with Gasteiger partial charge in [0.1, 0.15) is 43.8 Å². The van der Waals surface area contributed by atoms with Crippen LogP contribution < -0.4 is 48.6 Å². The van der Waals surface area contributed by atoms with Crippen molar-refractivity contribution in [1.82, 2.24) is 47.9 Å². The number of Topliss-reactive ketones (excluding diaryl/α,β-unsaturated/α-hetero) is 3. The number of ketones is 3. The Morgan fingerprint density at radius 3 is 0.904 bits per heavy atom. The molecule has 14 unspecified atom stereocenters. The molecule has 0 radical (unpaired) electrons. The third-order valence-electron chi connectivity index (χ3n) is 11.8. The van der Waals surface area contributed by atoms with Crippen molar-refractivity contribution in [3.05, 3.63) is 0 Å². The molecule has 43 nitrogen and oxygen atoms in total. The van der Waals surface area contributed by atoms with Gasteiger partial charge >= 0.3 is 29.8 Å². The Labute approximate surface area is 605 Å². The largest absolute Gasteiger partial charge is 0.483 e. The van der Waals surface area contributed by atoms with Crippen molar-refractivity contribution >= 4 is 109 Å². The van der Waals surface area contributed by atoms with Crippen molar-refractivity contribution in [3.8, 4) is 0 Å². The summed E-state index contributed by atoms with van der Waals surface area (Å²) in [7, 11) is 1.95. The fourth-order valence-electron chi connectivity index (χ4n) is 4.32. The van der Waals surface area contributed by atoms with Crippen molar-refractivity contribution in [2.45, 2.75) is 243 Å². The number of hydrogen-bond acceptors (Lipinski definition) is 32. The first-order valence-corrected chi connectivity index (χ1v) is 30.4. The Bertz CT molecular complexity index is 2310. The summed E-state index contributed by atoms with van der Waals surface area (Å²) in [5.41, 5.74) is 8.11. The molecule has 1 fully saturated rings. The molecule has 7 amide bonds. The van der Waals surface area contributed by atoms with Gasteiger partial charge in [-0.3, -0.25) is 62.3 Å². The average Bonchev–Trinajstić information content (AvgIpc) is 1.73. The molecule has 104 heavy (non-hydrogen) atoms. The zero-order valence-electron chi connectivity index (χ0n) is 60.9. The first-order valence-electron chi connectivity index (χ1n) is 30.4.